The number of nitrogens with one attached hydrogen (secondary N) is 1. The maximum Gasteiger partial charge on any atom is 0.271 e. The van der Waals surface area contributed by atoms with E-state index in [9.17, 15) is 14.9 Å². The molecular weight excluding hydrogens is 252 g/mol. The van der Waals surface area contributed by atoms with Crippen molar-refractivity contribution in [2.24, 2.45) is 0 Å². The first kappa shape index (κ1) is 13.3. The third-order valence-corrected chi connectivity index (χ3v) is 2.87. The maximum atomic E-state index is 11.9. The highest BCUT2D eigenvalue weighted by atomic mass is 16.6. The van der Waals surface area contributed by atoms with E-state index in [0.717, 1.165) is 6.42 Å². The Balaban J connectivity index is 2.19. The number of benzene rings is 1. The molecule has 0 aromatic heterocycles. The molecule has 1 N–H and O–H groups in total. The molecule has 0 radical (unpaired) electrons. The second kappa shape index (κ2) is 5.66. The van der Waals surface area contributed by atoms with Gasteiger partial charge < -0.3 is 14.8 Å². The molecule has 1 aliphatic heterocycles. The molecule has 102 valence electrons. The van der Waals surface area contributed by atoms with Gasteiger partial charge in [-0.1, -0.05) is 0 Å². The van der Waals surface area contributed by atoms with E-state index in [4.69, 9.17) is 9.47 Å². The van der Waals surface area contributed by atoms with Crippen LogP contribution in [0.25, 0.3) is 0 Å². The zero-order valence-electron chi connectivity index (χ0n) is 10.4. The topological polar surface area (TPSA) is 90.7 Å². The molecule has 1 fully saturated rings. The summed E-state index contributed by atoms with van der Waals surface area (Å²) in [5, 5.41) is 13.3. The van der Waals surface area contributed by atoms with E-state index in [1.807, 2.05) is 0 Å². The maximum absolute atomic E-state index is 11.9. The Kier molecular flexibility index (Phi) is 3.96. The van der Waals surface area contributed by atoms with E-state index < -0.39 is 11.0 Å². The number of nitrogens with zero attached hydrogens (tertiary/aromatic N) is 1. The second-order valence-electron chi connectivity index (χ2n) is 4.13. The molecule has 7 heteroatoms. The Morgan fingerprint density at radius 3 is 2.95 bits per heavy atom. The van der Waals surface area contributed by atoms with Gasteiger partial charge >= 0.3 is 0 Å². The number of ether oxygens (including phenoxy) is 2. The molecule has 7 nitrogen and oxygen atoms in total. The predicted molar refractivity (Wildman–Crippen MR) is 67.3 cm³/mol. The lowest BCUT2D eigenvalue weighted by Gasteiger charge is -2.13. The Morgan fingerprint density at radius 2 is 2.37 bits per heavy atom. The van der Waals surface area contributed by atoms with Crippen molar-refractivity contribution in [3.63, 3.8) is 0 Å². The predicted octanol–water partition coefficient (Wildman–Crippen LogP) is 1.72. The third kappa shape index (κ3) is 3.00. The lowest BCUT2D eigenvalue weighted by Crippen LogP contribution is -2.27. The number of anilines is 1. The van der Waals surface area contributed by atoms with Crippen molar-refractivity contribution >= 4 is 17.3 Å². The summed E-state index contributed by atoms with van der Waals surface area (Å²) in [4.78, 5) is 22.1. The number of hydrogen-bond donors (Lipinski definition) is 1. The molecule has 0 bridgehead atoms. The molecule has 0 spiro atoms. The van der Waals surface area contributed by atoms with Gasteiger partial charge in [0.05, 0.1) is 17.7 Å². The van der Waals surface area contributed by atoms with Crippen molar-refractivity contribution in [2.45, 2.75) is 18.9 Å². The summed E-state index contributed by atoms with van der Waals surface area (Å²) >= 11 is 0. The van der Waals surface area contributed by atoms with Crippen molar-refractivity contribution in [1.29, 1.82) is 0 Å². The van der Waals surface area contributed by atoms with Crippen LogP contribution in [0.1, 0.15) is 12.8 Å². The summed E-state index contributed by atoms with van der Waals surface area (Å²) in [6.45, 7) is 0.560. The molecule has 0 unspecified atom stereocenters. The number of non-ortho nitro benzene ring substituents is 1. The lowest BCUT2D eigenvalue weighted by atomic mass is 10.2. The van der Waals surface area contributed by atoms with Gasteiger partial charge in [0, 0.05) is 18.7 Å². The van der Waals surface area contributed by atoms with E-state index in [-0.39, 0.29) is 17.3 Å². The quantitative estimate of drug-likeness (QED) is 0.661. The normalized spacial score (nSPS) is 18.1. The number of carbonyl (C=O) groups is 1. The van der Waals surface area contributed by atoms with Crippen molar-refractivity contribution in [2.75, 3.05) is 19.0 Å². The number of rotatable bonds is 4. The van der Waals surface area contributed by atoms with E-state index >= 15 is 0 Å². The third-order valence-electron chi connectivity index (χ3n) is 2.87. The van der Waals surface area contributed by atoms with Gasteiger partial charge in [0.1, 0.15) is 11.9 Å². The molecule has 1 aromatic carbocycles. The highest BCUT2D eigenvalue weighted by molar-refractivity contribution is 5.96. The monoisotopic (exact) mass is 266 g/mol. The van der Waals surface area contributed by atoms with Crippen LogP contribution in [0.5, 0.6) is 5.75 Å². The van der Waals surface area contributed by atoms with Crippen LogP contribution in [-0.4, -0.2) is 30.7 Å². The number of nitro groups is 1. The highest BCUT2D eigenvalue weighted by Gasteiger charge is 2.25. The first-order chi connectivity index (χ1) is 9.11. The van der Waals surface area contributed by atoms with E-state index in [1.165, 1.54) is 25.3 Å². The minimum Gasteiger partial charge on any atom is -0.495 e. The molecule has 1 aliphatic rings. The Bertz CT molecular complexity index is 497. The summed E-state index contributed by atoms with van der Waals surface area (Å²) in [5.74, 6) is 0.0632. The Labute approximate surface area is 109 Å². The average Bonchev–Trinajstić information content (AvgIpc) is 2.92. The van der Waals surface area contributed by atoms with Crippen LogP contribution < -0.4 is 10.1 Å². The summed E-state index contributed by atoms with van der Waals surface area (Å²) in [5.41, 5.74) is 0.167. The first-order valence-corrected chi connectivity index (χ1v) is 5.86. The largest absolute Gasteiger partial charge is 0.495 e. The minimum atomic E-state index is -0.527. The minimum absolute atomic E-state index is 0.108. The molecule has 0 aliphatic carbocycles. The number of methoxy groups -OCH3 is 1. The van der Waals surface area contributed by atoms with Crippen LogP contribution in [0.2, 0.25) is 0 Å². The van der Waals surface area contributed by atoms with Gasteiger partial charge in [-0.05, 0) is 18.9 Å². The molecule has 1 saturated heterocycles. The number of carbonyl (C=O) groups excluding carboxylic acids is 1. The Hall–Kier alpha value is -2.15. The summed E-state index contributed by atoms with van der Waals surface area (Å²) in [6, 6.07) is 4.04. The van der Waals surface area contributed by atoms with Crippen LogP contribution in [0, 0.1) is 10.1 Å². The second-order valence-corrected chi connectivity index (χ2v) is 4.13. The van der Waals surface area contributed by atoms with E-state index in [2.05, 4.69) is 5.32 Å². The van der Waals surface area contributed by atoms with Gasteiger partial charge in [-0.15, -0.1) is 0 Å². The molecule has 1 amide bonds. The smallest absolute Gasteiger partial charge is 0.271 e. The summed E-state index contributed by atoms with van der Waals surface area (Å²) in [7, 11) is 1.43. The van der Waals surface area contributed by atoms with Crippen molar-refractivity contribution in [3.05, 3.63) is 28.3 Å². The average molecular weight is 266 g/mol. The van der Waals surface area contributed by atoms with Gasteiger partial charge in [-0.3, -0.25) is 14.9 Å². The van der Waals surface area contributed by atoms with Crippen molar-refractivity contribution < 1.29 is 19.2 Å². The van der Waals surface area contributed by atoms with Gasteiger partial charge in [0.15, 0.2) is 0 Å². The van der Waals surface area contributed by atoms with E-state index in [0.29, 0.717) is 18.8 Å². The lowest BCUT2D eigenvalue weighted by molar-refractivity contribution is -0.384. The highest BCUT2D eigenvalue weighted by Crippen LogP contribution is 2.29. The summed E-state index contributed by atoms with van der Waals surface area (Å²) in [6.07, 6.45) is 0.997. The van der Waals surface area contributed by atoms with Crippen LogP contribution in [-0.2, 0) is 9.53 Å². The number of nitro benzene ring substituents is 1. The number of hydrogen-bond acceptors (Lipinski definition) is 5. The molecule has 2 rings (SSSR count). The zero-order valence-corrected chi connectivity index (χ0v) is 10.4. The summed E-state index contributed by atoms with van der Waals surface area (Å²) < 4.78 is 10.3. The fourth-order valence-corrected chi connectivity index (χ4v) is 1.90. The van der Waals surface area contributed by atoms with Gasteiger partial charge in [0.2, 0.25) is 0 Å². The van der Waals surface area contributed by atoms with Gasteiger partial charge in [-0.25, -0.2) is 0 Å². The van der Waals surface area contributed by atoms with Crippen LogP contribution >= 0.6 is 0 Å². The molecule has 1 aromatic rings. The first-order valence-electron chi connectivity index (χ1n) is 5.86. The Morgan fingerprint density at radius 1 is 1.58 bits per heavy atom. The molecule has 1 heterocycles. The fourth-order valence-electron chi connectivity index (χ4n) is 1.90. The van der Waals surface area contributed by atoms with Crippen LogP contribution in [0.4, 0.5) is 11.4 Å². The SMILES string of the molecule is COc1ccc([N+](=O)[O-])cc1NC(=O)[C@H]1CCCO1. The number of amides is 1. The van der Waals surface area contributed by atoms with E-state index in [1.54, 1.807) is 0 Å². The molecule has 1 atom stereocenters. The van der Waals surface area contributed by atoms with Gasteiger partial charge in [-0.2, -0.15) is 0 Å². The fraction of sp³-hybridized carbons (Fsp3) is 0.417. The standard InChI is InChI=1S/C12H14N2O5/c1-18-10-5-4-8(14(16)17)7-9(10)13-12(15)11-3-2-6-19-11/h4-5,7,11H,2-3,6H2,1H3,(H,13,15)/t11-/m1/s1. The van der Waals surface area contributed by atoms with Crippen LogP contribution in [0.3, 0.4) is 0 Å². The van der Waals surface area contributed by atoms with Crippen molar-refractivity contribution in [3.8, 4) is 5.75 Å². The van der Waals surface area contributed by atoms with Crippen LogP contribution in [0.15, 0.2) is 18.2 Å². The zero-order chi connectivity index (χ0) is 13.8. The van der Waals surface area contributed by atoms with Crippen molar-refractivity contribution in [1.82, 2.24) is 0 Å². The molecular formula is C12H14N2O5. The molecule has 0 saturated carbocycles. The molecule has 19 heavy (non-hydrogen) atoms. The van der Waals surface area contributed by atoms with Gasteiger partial charge in [0.25, 0.3) is 11.6 Å².